The van der Waals surface area contributed by atoms with Gasteiger partial charge >= 0.3 is 0 Å². The van der Waals surface area contributed by atoms with Crippen LogP contribution in [0.1, 0.15) is 36.2 Å². The molecule has 1 aliphatic rings. The lowest BCUT2D eigenvalue weighted by atomic mass is 9.96. The standard InChI is InChI=1S/C14H21ClN4O/c1-19(2)14(7-3-4-8-14)9-17-13(20)12-10(15)5-6-11(16)18-12/h5-6H,3-4,7-9H2,1-2H3,(H2,16,18)(H,17,20). The van der Waals surface area contributed by atoms with E-state index in [0.29, 0.717) is 17.4 Å². The van der Waals surface area contributed by atoms with Crippen LogP contribution in [0, 0.1) is 0 Å². The fourth-order valence-electron chi connectivity index (χ4n) is 2.76. The van der Waals surface area contributed by atoms with Crippen LogP contribution in [0.5, 0.6) is 0 Å². The van der Waals surface area contributed by atoms with E-state index in [2.05, 4.69) is 29.3 Å². The number of rotatable bonds is 4. The molecular formula is C14H21ClN4O. The van der Waals surface area contributed by atoms with Gasteiger partial charge in [0.05, 0.1) is 5.02 Å². The molecule has 5 nitrogen and oxygen atoms in total. The lowest BCUT2D eigenvalue weighted by Crippen LogP contribution is -2.50. The average molecular weight is 297 g/mol. The molecule has 1 saturated carbocycles. The highest BCUT2D eigenvalue weighted by atomic mass is 35.5. The van der Waals surface area contributed by atoms with Gasteiger partial charge in [0.1, 0.15) is 11.5 Å². The van der Waals surface area contributed by atoms with Crippen LogP contribution in [0.15, 0.2) is 12.1 Å². The Kier molecular flexibility index (Phi) is 4.50. The lowest BCUT2D eigenvalue weighted by molar-refractivity contribution is 0.0895. The van der Waals surface area contributed by atoms with Gasteiger partial charge in [-0.3, -0.25) is 4.79 Å². The molecule has 0 spiro atoms. The third-order valence-corrected chi connectivity index (χ3v) is 4.45. The number of hydrogen-bond donors (Lipinski definition) is 2. The predicted octanol–water partition coefficient (Wildman–Crippen LogP) is 1.92. The summed E-state index contributed by atoms with van der Waals surface area (Å²) in [6.45, 7) is 0.603. The van der Waals surface area contributed by atoms with Crippen molar-refractivity contribution in [3.63, 3.8) is 0 Å². The molecule has 1 aromatic heterocycles. The molecule has 0 atom stereocenters. The number of aromatic nitrogens is 1. The first-order valence-corrected chi connectivity index (χ1v) is 7.20. The van der Waals surface area contributed by atoms with Crippen molar-refractivity contribution in [2.45, 2.75) is 31.2 Å². The normalized spacial score (nSPS) is 17.4. The fraction of sp³-hybridized carbons (Fsp3) is 0.571. The van der Waals surface area contributed by atoms with Crippen LogP contribution in [0.2, 0.25) is 5.02 Å². The molecule has 110 valence electrons. The van der Waals surface area contributed by atoms with Crippen LogP contribution < -0.4 is 11.1 Å². The van der Waals surface area contributed by atoms with Crippen molar-refractivity contribution in [2.75, 3.05) is 26.4 Å². The maximum atomic E-state index is 12.2. The second kappa shape index (κ2) is 5.97. The van der Waals surface area contributed by atoms with Crippen molar-refractivity contribution in [2.24, 2.45) is 0 Å². The maximum absolute atomic E-state index is 12.2. The Labute approximate surface area is 124 Å². The van der Waals surface area contributed by atoms with Crippen molar-refractivity contribution < 1.29 is 4.79 Å². The summed E-state index contributed by atoms with van der Waals surface area (Å²) in [7, 11) is 4.12. The summed E-state index contributed by atoms with van der Waals surface area (Å²) in [6.07, 6.45) is 4.59. The highest BCUT2D eigenvalue weighted by Crippen LogP contribution is 2.33. The maximum Gasteiger partial charge on any atom is 0.271 e. The van der Waals surface area contributed by atoms with Gasteiger partial charge < -0.3 is 16.0 Å². The Balaban J connectivity index is 2.06. The van der Waals surface area contributed by atoms with Gasteiger partial charge in [-0.25, -0.2) is 4.98 Å². The number of hydrogen-bond acceptors (Lipinski definition) is 4. The molecule has 0 aromatic carbocycles. The molecule has 3 N–H and O–H groups in total. The zero-order chi connectivity index (χ0) is 14.8. The van der Waals surface area contributed by atoms with E-state index in [1.807, 2.05) is 0 Å². The minimum Gasteiger partial charge on any atom is -0.384 e. The minimum atomic E-state index is -0.268. The molecule has 1 heterocycles. The van der Waals surface area contributed by atoms with Gasteiger partial charge in [0.15, 0.2) is 0 Å². The second-order valence-electron chi connectivity index (χ2n) is 5.58. The number of carbonyl (C=O) groups excluding carboxylic acids is 1. The summed E-state index contributed by atoms with van der Waals surface area (Å²) < 4.78 is 0. The zero-order valence-corrected chi connectivity index (χ0v) is 12.7. The molecule has 1 aromatic rings. The monoisotopic (exact) mass is 296 g/mol. The molecule has 2 rings (SSSR count). The third kappa shape index (κ3) is 3.04. The van der Waals surface area contributed by atoms with Crippen molar-refractivity contribution in [3.05, 3.63) is 22.8 Å². The molecule has 0 unspecified atom stereocenters. The summed E-state index contributed by atoms with van der Waals surface area (Å²) in [5, 5.41) is 3.27. The number of anilines is 1. The number of nitrogens with one attached hydrogen (secondary N) is 1. The van der Waals surface area contributed by atoms with Gasteiger partial charge in [-0.05, 0) is 39.1 Å². The number of pyridine rings is 1. The summed E-state index contributed by atoms with van der Waals surface area (Å²) in [6, 6.07) is 3.17. The first kappa shape index (κ1) is 15.1. The largest absolute Gasteiger partial charge is 0.384 e. The smallest absolute Gasteiger partial charge is 0.271 e. The Morgan fingerprint density at radius 3 is 2.70 bits per heavy atom. The lowest BCUT2D eigenvalue weighted by Gasteiger charge is -2.36. The number of likely N-dealkylation sites (N-methyl/N-ethyl adjacent to an activating group) is 1. The van der Waals surface area contributed by atoms with Gasteiger partial charge in [0.2, 0.25) is 0 Å². The fourth-order valence-corrected chi connectivity index (χ4v) is 2.95. The first-order chi connectivity index (χ1) is 9.44. The molecule has 0 aliphatic heterocycles. The predicted molar refractivity (Wildman–Crippen MR) is 80.9 cm³/mol. The van der Waals surface area contributed by atoms with Crippen LogP contribution in [0.25, 0.3) is 0 Å². The number of halogens is 1. The highest BCUT2D eigenvalue weighted by molar-refractivity contribution is 6.33. The highest BCUT2D eigenvalue weighted by Gasteiger charge is 2.36. The van der Waals surface area contributed by atoms with Gasteiger partial charge in [0.25, 0.3) is 5.91 Å². The molecule has 0 radical (unpaired) electrons. The number of amides is 1. The van der Waals surface area contributed by atoms with Gasteiger partial charge in [-0.1, -0.05) is 24.4 Å². The molecule has 0 saturated heterocycles. The minimum absolute atomic E-state index is 0.0441. The SMILES string of the molecule is CN(C)C1(CNC(=O)c2nc(N)ccc2Cl)CCCC1. The van der Waals surface area contributed by atoms with Gasteiger partial charge in [-0.2, -0.15) is 0 Å². The zero-order valence-electron chi connectivity index (χ0n) is 11.9. The van der Waals surface area contributed by atoms with Crippen LogP contribution >= 0.6 is 11.6 Å². The third-order valence-electron chi connectivity index (χ3n) is 4.14. The van der Waals surface area contributed by atoms with Crippen molar-refractivity contribution in [1.29, 1.82) is 0 Å². The summed E-state index contributed by atoms with van der Waals surface area (Å²) >= 11 is 5.99. The summed E-state index contributed by atoms with van der Waals surface area (Å²) in [5.41, 5.74) is 5.84. The van der Waals surface area contributed by atoms with Gasteiger partial charge in [0, 0.05) is 12.1 Å². The summed E-state index contributed by atoms with van der Waals surface area (Å²) in [4.78, 5) is 18.4. The van der Waals surface area contributed by atoms with Crippen LogP contribution in [-0.4, -0.2) is 42.0 Å². The molecular weight excluding hydrogens is 276 g/mol. The topological polar surface area (TPSA) is 71.2 Å². The van der Waals surface area contributed by atoms with E-state index in [1.54, 1.807) is 12.1 Å². The Morgan fingerprint density at radius 1 is 1.45 bits per heavy atom. The molecule has 20 heavy (non-hydrogen) atoms. The van der Waals surface area contributed by atoms with Crippen LogP contribution in [0.4, 0.5) is 5.82 Å². The Morgan fingerprint density at radius 2 is 2.10 bits per heavy atom. The average Bonchev–Trinajstić information content (AvgIpc) is 2.89. The van der Waals surface area contributed by atoms with Gasteiger partial charge in [-0.15, -0.1) is 0 Å². The molecule has 1 fully saturated rings. The molecule has 6 heteroatoms. The number of nitrogen functional groups attached to an aromatic ring is 1. The summed E-state index contributed by atoms with van der Waals surface area (Å²) in [5.74, 6) is 0.0261. The van der Waals surface area contributed by atoms with E-state index in [1.165, 1.54) is 12.8 Å². The van der Waals surface area contributed by atoms with E-state index in [0.717, 1.165) is 12.8 Å². The molecule has 1 amide bonds. The Hall–Kier alpha value is -1.33. The van der Waals surface area contributed by atoms with Crippen molar-refractivity contribution >= 4 is 23.3 Å². The Bertz CT molecular complexity index is 498. The number of nitrogens with zero attached hydrogens (tertiary/aromatic N) is 2. The van der Waals surface area contributed by atoms with E-state index < -0.39 is 0 Å². The molecule has 1 aliphatic carbocycles. The number of carbonyl (C=O) groups is 1. The van der Waals surface area contributed by atoms with Crippen LogP contribution in [-0.2, 0) is 0 Å². The quantitative estimate of drug-likeness (QED) is 0.890. The van der Waals surface area contributed by atoms with E-state index in [4.69, 9.17) is 17.3 Å². The second-order valence-corrected chi connectivity index (χ2v) is 5.98. The first-order valence-electron chi connectivity index (χ1n) is 6.82. The number of nitrogens with two attached hydrogens (primary N) is 1. The van der Waals surface area contributed by atoms with Crippen molar-refractivity contribution in [1.82, 2.24) is 15.2 Å². The van der Waals surface area contributed by atoms with E-state index in [-0.39, 0.29) is 17.1 Å². The van der Waals surface area contributed by atoms with Crippen LogP contribution in [0.3, 0.4) is 0 Å². The van der Waals surface area contributed by atoms with E-state index in [9.17, 15) is 4.79 Å². The van der Waals surface area contributed by atoms with E-state index >= 15 is 0 Å². The van der Waals surface area contributed by atoms with Crippen molar-refractivity contribution in [3.8, 4) is 0 Å². The molecule has 0 bridgehead atoms.